The predicted molar refractivity (Wildman–Crippen MR) is 61.6 cm³/mol. The molecule has 0 spiro atoms. The van der Waals surface area contributed by atoms with Crippen molar-refractivity contribution in [2.75, 3.05) is 13.1 Å². The lowest BCUT2D eigenvalue weighted by atomic mass is 10.2. The van der Waals surface area contributed by atoms with Crippen LogP contribution in [0.25, 0.3) is 0 Å². The Kier molecular flexibility index (Phi) is 5.42. The number of amides is 1. The van der Waals surface area contributed by atoms with Crippen LogP contribution in [0.2, 0.25) is 0 Å². The summed E-state index contributed by atoms with van der Waals surface area (Å²) in [5, 5.41) is 5.84. The molecule has 0 atom stereocenters. The van der Waals surface area contributed by atoms with Crippen molar-refractivity contribution in [3.05, 3.63) is 24.3 Å². The summed E-state index contributed by atoms with van der Waals surface area (Å²) in [6.45, 7) is 5.71. The third-order valence-corrected chi connectivity index (χ3v) is 1.92. The summed E-state index contributed by atoms with van der Waals surface area (Å²) in [6, 6.07) is 0. The van der Waals surface area contributed by atoms with E-state index < -0.39 is 0 Å². The number of nitrogens with zero attached hydrogens (tertiary/aromatic N) is 2. The van der Waals surface area contributed by atoms with Gasteiger partial charge in [-0.25, -0.2) is 0 Å². The molecule has 0 aromatic carbocycles. The summed E-state index contributed by atoms with van der Waals surface area (Å²) < 4.78 is 0. The molecule has 0 saturated carbocycles. The van der Waals surface area contributed by atoms with E-state index in [0.29, 0.717) is 25.6 Å². The number of hydrogen-bond acceptors (Lipinski definition) is 4. The largest absolute Gasteiger partial charge is 0.355 e. The minimum atomic E-state index is 0.0117. The molecule has 0 bridgehead atoms. The summed E-state index contributed by atoms with van der Waals surface area (Å²) in [5.74, 6) is 0.488. The standard InChI is InChI=1S/C11H18N4O/c1-9(2)5-15-11(16)8-13-7-10-6-12-3-4-14-10/h3-4,6,9,13H,5,7-8H2,1-2H3,(H,15,16). The van der Waals surface area contributed by atoms with Crippen LogP contribution in [-0.4, -0.2) is 29.0 Å². The first kappa shape index (κ1) is 12.6. The van der Waals surface area contributed by atoms with E-state index >= 15 is 0 Å². The molecule has 1 heterocycles. The molecule has 0 radical (unpaired) electrons. The Morgan fingerprint density at radius 2 is 2.25 bits per heavy atom. The minimum absolute atomic E-state index is 0.0117. The van der Waals surface area contributed by atoms with Gasteiger partial charge < -0.3 is 10.6 Å². The molecule has 0 fully saturated rings. The molecular formula is C11H18N4O. The lowest BCUT2D eigenvalue weighted by molar-refractivity contribution is -0.120. The van der Waals surface area contributed by atoms with Gasteiger partial charge in [0.2, 0.25) is 5.91 Å². The molecule has 88 valence electrons. The minimum Gasteiger partial charge on any atom is -0.355 e. The fourth-order valence-electron chi connectivity index (χ4n) is 1.11. The van der Waals surface area contributed by atoms with Crippen molar-refractivity contribution in [1.82, 2.24) is 20.6 Å². The second-order valence-electron chi connectivity index (χ2n) is 4.00. The number of rotatable bonds is 6. The maximum absolute atomic E-state index is 11.3. The maximum Gasteiger partial charge on any atom is 0.233 e. The highest BCUT2D eigenvalue weighted by Crippen LogP contribution is 1.88. The van der Waals surface area contributed by atoms with Gasteiger partial charge in [0.05, 0.1) is 12.2 Å². The van der Waals surface area contributed by atoms with Crippen LogP contribution in [-0.2, 0) is 11.3 Å². The number of nitrogens with one attached hydrogen (secondary N) is 2. The first-order valence-corrected chi connectivity index (χ1v) is 5.41. The van der Waals surface area contributed by atoms with Gasteiger partial charge in [0.25, 0.3) is 0 Å². The normalized spacial score (nSPS) is 10.4. The number of hydrogen-bond donors (Lipinski definition) is 2. The topological polar surface area (TPSA) is 66.9 Å². The van der Waals surface area contributed by atoms with E-state index in [-0.39, 0.29) is 5.91 Å². The summed E-state index contributed by atoms with van der Waals surface area (Å²) in [6.07, 6.45) is 4.94. The molecule has 1 amide bonds. The Bertz CT molecular complexity index is 313. The molecule has 2 N–H and O–H groups in total. The monoisotopic (exact) mass is 222 g/mol. The van der Waals surface area contributed by atoms with Crippen LogP contribution in [0, 0.1) is 5.92 Å². The predicted octanol–water partition coefficient (Wildman–Crippen LogP) is 0.338. The fraction of sp³-hybridized carbons (Fsp3) is 0.545. The zero-order valence-electron chi connectivity index (χ0n) is 9.73. The van der Waals surface area contributed by atoms with Gasteiger partial charge in [0, 0.05) is 31.7 Å². The van der Waals surface area contributed by atoms with Crippen LogP contribution in [0.1, 0.15) is 19.5 Å². The summed E-state index contributed by atoms with van der Waals surface area (Å²) in [5.41, 5.74) is 0.833. The van der Waals surface area contributed by atoms with Gasteiger partial charge in [-0.1, -0.05) is 13.8 Å². The molecule has 0 saturated heterocycles. The van der Waals surface area contributed by atoms with Crippen molar-refractivity contribution in [3.8, 4) is 0 Å². The highest BCUT2D eigenvalue weighted by molar-refractivity contribution is 5.77. The second-order valence-corrected chi connectivity index (χ2v) is 4.00. The highest BCUT2D eigenvalue weighted by Gasteiger charge is 2.01. The van der Waals surface area contributed by atoms with Crippen molar-refractivity contribution >= 4 is 5.91 Å². The zero-order chi connectivity index (χ0) is 11.8. The van der Waals surface area contributed by atoms with Gasteiger partial charge in [-0.05, 0) is 5.92 Å². The molecule has 1 aromatic heterocycles. The Hall–Kier alpha value is -1.49. The average molecular weight is 222 g/mol. The first-order chi connectivity index (χ1) is 7.68. The third kappa shape index (κ3) is 5.41. The number of aromatic nitrogens is 2. The van der Waals surface area contributed by atoms with Gasteiger partial charge in [0.1, 0.15) is 0 Å². The Morgan fingerprint density at radius 1 is 1.44 bits per heavy atom. The molecule has 1 aromatic rings. The van der Waals surface area contributed by atoms with Crippen molar-refractivity contribution in [3.63, 3.8) is 0 Å². The third-order valence-electron chi connectivity index (χ3n) is 1.92. The van der Waals surface area contributed by atoms with Crippen LogP contribution < -0.4 is 10.6 Å². The Labute approximate surface area is 95.7 Å². The van der Waals surface area contributed by atoms with Crippen LogP contribution in [0.15, 0.2) is 18.6 Å². The van der Waals surface area contributed by atoms with Crippen molar-refractivity contribution in [2.24, 2.45) is 5.92 Å². The quantitative estimate of drug-likeness (QED) is 0.728. The van der Waals surface area contributed by atoms with Gasteiger partial charge in [-0.2, -0.15) is 0 Å². The zero-order valence-corrected chi connectivity index (χ0v) is 9.73. The van der Waals surface area contributed by atoms with Crippen molar-refractivity contribution in [2.45, 2.75) is 20.4 Å². The highest BCUT2D eigenvalue weighted by atomic mass is 16.1. The van der Waals surface area contributed by atoms with Gasteiger partial charge in [-0.15, -0.1) is 0 Å². The van der Waals surface area contributed by atoms with Crippen LogP contribution >= 0.6 is 0 Å². The van der Waals surface area contributed by atoms with Gasteiger partial charge >= 0.3 is 0 Å². The van der Waals surface area contributed by atoms with E-state index in [0.717, 1.165) is 5.69 Å². The summed E-state index contributed by atoms with van der Waals surface area (Å²) in [7, 11) is 0. The lowest BCUT2D eigenvalue weighted by Crippen LogP contribution is -2.35. The molecule has 5 heteroatoms. The van der Waals surface area contributed by atoms with Crippen molar-refractivity contribution in [1.29, 1.82) is 0 Å². The van der Waals surface area contributed by atoms with E-state index in [4.69, 9.17) is 0 Å². The summed E-state index contributed by atoms with van der Waals surface area (Å²) in [4.78, 5) is 19.4. The maximum atomic E-state index is 11.3. The summed E-state index contributed by atoms with van der Waals surface area (Å²) >= 11 is 0. The first-order valence-electron chi connectivity index (χ1n) is 5.41. The molecule has 0 aliphatic heterocycles. The Balaban J connectivity index is 2.13. The van der Waals surface area contributed by atoms with E-state index in [1.165, 1.54) is 0 Å². The van der Waals surface area contributed by atoms with Gasteiger partial charge in [0.15, 0.2) is 0 Å². The molecule has 0 aliphatic rings. The van der Waals surface area contributed by atoms with E-state index in [1.807, 2.05) is 0 Å². The average Bonchev–Trinajstić information content (AvgIpc) is 2.28. The van der Waals surface area contributed by atoms with E-state index in [1.54, 1.807) is 18.6 Å². The molecule has 1 rings (SSSR count). The van der Waals surface area contributed by atoms with Crippen molar-refractivity contribution < 1.29 is 4.79 Å². The molecular weight excluding hydrogens is 204 g/mol. The number of carbonyl (C=O) groups excluding carboxylic acids is 1. The second kappa shape index (κ2) is 6.90. The van der Waals surface area contributed by atoms with Crippen LogP contribution in [0.3, 0.4) is 0 Å². The molecule has 16 heavy (non-hydrogen) atoms. The molecule has 0 unspecified atom stereocenters. The SMILES string of the molecule is CC(C)CNC(=O)CNCc1cnccn1. The lowest BCUT2D eigenvalue weighted by Gasteiger charge is -2.08. The molecule has 5 nitrogen and oxygen atoms in total. The van der Waals surface area contributed by atoms with Gasteiger partial charge in [-0.3, -0.25) is 14.8 Å². The van der Waals surface area contributed by atoms with E-state index in [9.17, 15) is 4.79 Å². The number of carbonyl (C=O) groups is 1. The van der Waals surface area contributed by atoms with Crippen LogP contribution in [0.5, 0.6) is 0 Å². The fourth-order valence-corrected chi connectivity index (χ4v) is 1.11. The van der Waals surface area contributed by atoms with Crippen LogP contribution in [0.4, 0.5) is 0 Å². The smallest absolute Gasteiger partial charge is 0.233 e. The molecule has 0 aliphatic carbocycles. The van der Waals surface area contributed by atoms with E-state index in [2.05, 4.69) is 34.4 Å². The Morgan fingerprint density at radius 3 is 2.88 bits per heavy atom.